The zero-order valence-corrected chi connectivity index (χ0v) is 14.7. The van der Waals surface area contributed by atoms with Crippen molar-refractivity contribution >= 4 is 22.8 Å². The molecule has 5 rings (SSSR count). The molecule has 0 bridgehead atoms. The normalized spacial score (nSPS) is 11.1. The first-order valence-electron chi connectivity index (χ1n) is 8.78. The molecule has 0 spiro atoms. The van der Waals surface area contributed by atoms with Crippen molar-refractivity contribution in [2.24, 2.45) is 0 Å². The minimum absolute atomic E-state index is 0.189. The number of nitrogens with one attached hydrogen (secondary N) is 1. The standard InChI is InChI=1S/C21H15N5O2/c27-19(16-12-24-21-22-9-10-26(21)13-16)23-11-14-5-7-15(8-6-14)20-25-17-3-1-2-4-18(17)28-20/h1-10,12-13H,11H2,(H,23,27). The first kappa shape index (κ1) is 16.2. The van der Waals surface area contributed by atoms with Crippen LogP contribution < -0.4 is 5.32 Å². The third kappa shape index (κ3) is 2.99. The fourth-order valence-electron chi connectivity index (χ4n) is 2.98. The van der Waals surface area contributed by atoms with E-state index < -0.39 is 0 Å². The average Bonchev–Trinajstić information content (AvgIpc) is 3.38. The van der Waals surface area contributed by atoms with Crippen molar-refractivity contribution in [2.45, 2.75) is 6.54 Å². The summed E-state index contributed by atoms with van der Waals surface area (Å²) in [7, 11) is 0. The maximum Gasteiger partial charge on any atom is 0.254 e. The second kappa shape index (κ2) is 6.62. The Hall–Kier alpha value is -4.00. The van der Waals surface area contributed by atoms with Crippen LogP contribution in [0.5, 0.6) is 0 Å². The molecule has 0 aliphatic heterocycles. The van der Waals surface area contributed by atoms with Gasteiger partial charge in [-0.05, 0) is 29.8 Å². The van der Waals surface area contributed by atoms with Crippen molar-refractivity contribution in [1.29, 1.82) is 0 Å². The van der Waals surface area contributed by atoms with Gasteiger partial charge in [0, 0.05) is 36.9 Å². The molecule has 5 aromatic rings. The third-order valence-electron chi connectivity index (χ3n) is 4.46. The number of hydrogen-bond donors (Lipinski definition) is 1. The summed E-state index contributed by atoms with van der Waals surface area (Å²) in [5.74, 6) is 0.953. The number of amides is 1. The van der Waals surface area contributed by atoms with E-state index in [1.807, 2.05) is 48.5 Å². The molecule has 3 heterocycles. The Balaban J connectivity index is 1.28. The summed E-state index contributed by atoms with van der Waals surface area (Å²) < 4.78 is 7.50. The van der Waals surface area contributed by atoms with E-state index >= 15 is 0 Å². The molecule has 3 aromatic heterocycles. The minimum atomic E-state index is -0.189. The fraction of sp³-hybridized carbons (Fsp3) is 0.0476. The van der Waals surface area contributed by atoms with Crippen LogP contribution in [0.1, 0.15) is 15.9 Å². The first-order chi connectivity index (χ1) is 13.8. The molecule has 0 saturated heterocycles. The number of para-hydroxylation sites is 2. The summed E-state index contributed by atoms with van der Waals surface area (Å²) in [6, 6.07) is 15.4. The molecule has 0 aliphatic carbocycles. The molecule has 1 N–H and O–H groups in total. The van der Waals surface area contributed by atoms with Crippen molar-refractivity contribution in [3.63, 3.8) is 0 Å². The van der Waals surface area contributed by atoms with Gasteiger partial charge in [-0.15, -0.1) is 0 Å². The lowest BCUT2D eigenvalue weighted by atomic mass is 10.1. The number of imidazole rings is 1. The maximum absolute atomic E-state index is 12.4. The van der Waals surface area contributed by atoms with Crippen LogP contribution in [-0.2, 0) is 6.54 Å². The highest BCUT2D eigenvalue weighted by Crippen LogP contribution is 2.24. The molecule has 0 fully saturated rings. The summed E-state index contributed by atoms with van der Waals surface area (Å²) in [6.07, 6.45) is 6.63. The fourth-order valence-corrected chi connectivity index (χ4v) is 2.98. The zero-order valence-electron chi connectivity index (χ0n) is 14.7. The van der Waals surface area contributed by atoms with Gasteiger partial charge in [-0.25, -0.2) is 15.0 Å². The quantitative estimate of drug-likeness (QED) is 0.524. The predicted molar refractivity (Wildman–Crippen MR) is 104 cm³/mol. The van der Waals surface area contributed by atoms with Crippen LogP contribution >= 0.6 is 0 Å². The Morgan fingerprint density at radius 3 is 2.79 bits per heavy atom. The number of oxazole rings is 1. The molecular formula is C21H15N5O2. The van der Waals surface area contributed by atoms with Crippen molar-refractivity contribution in [1.82, 2.24) is 24.7 Å². The summed E-state index contributed by atoms with van der Waals surface area (Å²) in [4.78, 5) is 25.1. The summed E-state index contributed by atoms with van der Waals surface area (Å²) >= 11 is 0. The largest absolute Gasteiger partial charge is 0.436 e. The lowest BCUT2D eigenvalue weighted by molar-refractivity contribution is 0.0950. The molecule has 0 radical (unpaired) electrons. The number of carbonyl (C=O) groups is 1. The lowest BCUT2D eigenvalue weighted by Crippen LogP contribution is -2.23. The summed E-state index contributed by atoms with van der Waals surface area (Å²) in [5, 5.41) is 2.90. The highest BCUT2D eigenvalue weighted by molar-refractivity contribution is 5.93. The van der Waals surface area contributed by atoms with Gasteiger partial charge in [0.15, 0.2) is 5.58 Å². The number of carbonyl (C=O) groups excluding carboxylic acids is 1. The molecule has 7 heteroatoms. The summed E-state index contributed by atoms with van der Waals surface area (Å²) in [6.45, 7) is 0.411. The lowest BCUT2D eigenvalue weighted by Gasteiger charge is -2.06. The minimum Gasteiger partial charge on any atom is -0.436 e. The Kier molecular flexibility index (Phi) is 3.83. The molecule has 2 aromatic carbocycles. The van der Waals surface area contributed by atoms with Crippen LogP contribution in [0.4, 0.5) is 0 Å². The van der Waals surface area contributed by atoms with Crippen molar-refractivity contribution in [3.05, 3.63) is 84.4 Å². The van der Waals surface area contributed by atoms with Crippen molar-refractivity contribution in [3.8, 4) is 11.5 Å². The molecule has 0 aliphatic rings. The van der Waals surface area contributed by atoms with Gasteiger partial charge in [0.1, 0.15) is 5.52 Å². The van der Waals surface area contributed by atoms with E-state index in [2.05, 4.69) is 20.3 Å². The first-order valence-corrected chi connectivity index (χ1v) is 8.78. The Morgan fingerprint density at radius 1 is 1.07 bits per heavy atom. The Morgan fingerprint density at radius 2 is 1.93 bits per heavy atom. The van der Waals surface area contributed by atoms with E-state index in [1.54, 1.807) is 23.0 Å². The second-order valence-corrected chi connectivity index (χ2v) is 6.34. The van der Waals surface area contributed by atoms with Gasteiger partial charge in [-0.3, -0.25) is 9.20 Å². The number of rotatable bonds is 4. The van der Waals surface area contributed by atoms with Gasteiger partial charge in [0.05, 0.1) is 5.56 Å². The van der Waals surface area contributed by atoms with Crippen LogP contribution in [0.3, 0.4) is 0 Å². The summed E-state index contributed by atoms with van der Waals surface area (Å²) in [5.41, 5.74) is 3.94. The van der Waals surface area contributed by atoms with E-state index in [0.29, 0.717) is 23.8 Å². The van der Waals surface area contributed by atoms with Crippen LogP contribution in [0.15, 0.2) is 77.7 Å². The van der Waals surface area contributed by atoms with Gasteiger partial charge in [0.2, 0.25) is 11.7 Å². The third-order valence-corrected chi connectivity index (χ3v) is 4.46. The molecule has 0 unspecified atom stereocenters. The van der Waals surface area contributed by atoms with E-state index in [4.69, 9.17) is 4.42 Å². The number of fused-ring (bicyclic) bond motifs is 2. The topological polar surface area (TPSA) is 85.3 Å². The number of benzene rings is 2. The number of aromatic nitrogens is 4. The van der Waals surface area contributed by atoms with Gasteiger partial charge < -0.3 is 9.73 Å². The van der Waals surface area contributed by atoms with Gasteiger partial charge in [-0.2, -0.15) is 0 Å². The molecular weight excluding hydrogens is 354 g/mol. The van der Waals surface area contributed by atoms with E-state index in [9.17, 15) is 4.79 Å². The Labute approximate surface area is 159 Å². The second-order valence-electron chi connectivity index (χ2n) is 6.34. The monoisotopic (exact) mass is 369 g/mol. The highest BCUT2D eigenvalue weighted by atomic mass is 16.3. The molecule has 0 atom stereocenters. The van der Waals surface area contributed by atoms with Crippen LogP contribution in [0.25, 0.3) is 28.3 Å². The average molecular weight is 369 g/mol. The molecule has 136 valence electrons. The number of hydrogen-bond acceptors (Lipinski definition) is 5. The Bertz CT molecular complexity index is 1250. The molecule has 28 heavy (non-hydrogen) atoms. The van der Waals surface area contributed by atoms with Crippen LogP contribution in [0, 0.1) is 0 Å². The smallest absolute Gasteiger partial charge is 0.254 e. The van der Waals surface area contributed by atoms with Gasteiger partial charge >= 0.3 is 0 Å². The van der Waals surface area contributed by atoms with Crippen molar-refractivity contribution < 1.29 is 9.21 Å². The molecule has 1 amide bonds. The predicted octanol–water partition coefficient (Wildman–Crippen LogP) is 3.47. The van der Waals surface area contributed by atoms with E-state index in [1.165, 1.54) is 6.20 Å². The zero-order chi connectivity index (χ0) is 18.9. The van der Waals surface area contributed by atoms with Gasteiger partial charge in [-0.1, -0.05) is 24.3 Å². The molecule has 7 nitrogen and oxygen atoms in total. The number of nitrogens with zero attached hydrogens (tertiary/aromatic N) is 4. The highest BCUT2D eigenvalue weighted by Gasteiger charge is 2.09. The SMILES string of the molecule is O=C(NCc1ccc(-c2nc3ccccc3o2)cc1)c1cnc2nccn2c1. The maximum atomic E-state index is 12.4. The van der Waals surface area contributed by atoms with E-state index in [-0.39, 0.29) is 5.91 Å². The van der Waals surface area contributed by atoms with Crippen LogP contribution in [-0.4, -0.2) is 25.3 Å². The van der Waals surface area contributed by atoms with E-state index in [0.717, 1.165) is 22.2 Å². The van der Waals surface area contributed by atoms with Crippen molar-refractivity contribution in [2.75, 3.05) is 0 Å². The van der Waals surface area contributed by atoms with Gasteiger partial charge in [0.25, 0.3) is 5.91 Å². The molecule has 0 saturated carbocycles. The van der Waals surface area contributed by atoms with Crippen LogP contribution in [0.2, 0.25) is 0 Å².